The second kappa shape index (κ2) is 7.44. The Balaban J connectivity index is 1.23. The molecule has 3 aromatic rings. The fourth-order valence-electron chi connectivity index (χ4n) is 4.28. The van der Waals surface area contributed by atoms with Crippen molar-refractivity contribution in [3.05, 3.63) is 82.2 Å². The molecule has 0 unspecified atom stereocenters. The maximum atomic E-state index is 12.9. The van der Waals surface area contributed by atoms with Crippen molar-refractivity contribution in [2.45, 2.75) is 12.3 Å². The third kappa shape index (κ3) is 3.38. The molecule has 5 rings (SSSR count). The first kappa shape index (κ1) is 18.6. The zero-order valence-electron chi connectivity index (χ0n) is 16.5. The number of carbonyl (C=O) groups excluding carboxylic acids is 2. The molecular weight excluding hydrogens is 380 g/mol. The summed E-state index contributed by atoms with van der Waals surface area (Å²) in [5.41, 5.74) is 1.10. The van der Waals surface area contributed by atoms with Crippen LogP contribution in [0, 0.1) is 5.92 Å². The van der Waals surface area contributed by atoms with Gasteiger partial charge in [0.05, 0.1) is 0 Å². The average molecular weight is 402 g/mol. The molecule has 0 spiro atoms. The van der Waals surface area contributed by atoms with E-state index in [1.165, 1.54) is 5.56 Å². The van der Waals surface area contributed by atoms with Gasteiger partial charge in [-0.25, -0.2) is 4.79 Å². The molecule has 0 N–H and O–H groups in total. The molecule has 0 radical (unpaired) electrons. The first-order valence-corrected chi connectivity index (χ1v) is 10.3. The van der Waals surface area contributed by atoms with Gasteiger partial charge in [-0.2, -0.15) is 0 Å². The average Bonchev–Trinajstić information content (AvgIpc) is 3.59. The highest BCUT2D eigenvalue weighted by atomic mass is 16.4. The summed E-state index contributed by atoms with van der Waals surface area (Å²) in [5, 5.41) is 0.718. The van der Waals surface area contributed by atoms with Crippen LogP contribution in [0.5, 0.6) is 0 Å². The van der Waals surface area contributed by atoms with Gasteiger partial charge in [-0.15, -0.1) is 0 Å². The zero-order valence-corrected chi connectivity index (χ0v) is 16.5. The number of carbonyl (C=O) groups is 2. The molecule has 0 bridgehead atoms. The maximum absolute atomic E-state index is 12.9. The van der Waals surface area contributed by atoms with E-state index in [2.05, 4.69) is 12.1 Å². The molecule has 1 aliphatic carbocycles. The molecular formula is C24H22N2O4. The van der Waals surface area contributed by atoms with Crippen LogP contribution in [0.1, 0.15) is 28.3 Å². The number of fused-ring (bicyclic) bond motifs is 1. The van der Waals surface area contributed by atoms with Crippen molar-refractivity contribution in [2.24, 2.45) is 5.92 Å². The topological polar surface area (TPSA) is 70.8 Å². The molecule has 6 heteroatoms. The van der Waals surface area contributed by atoms with Gasteiger partial charge >= 0.3 is 5.63 Å². The van der Waals surface area contributed by atoms with Crippen LogP contribution >= 0.6 is 0 Å². The number of hydrogen-bond donors (Lipinski definition) is 0. The van der Waals surface area contributed by atoms with Gasteiger partial charge in [0.25, 0.3) is 5.91 Å². The highest BCUT2D eigenvalue weighted by Crippen LogP contribution is 2.48. The van der Waals surface area contributed by atoms with E-state index in [0.29, 0.717) is 37.7 Å². The summed E-state index contributed by atoms with van der Waals surface area (Å²) in [6, 6.07) is 18.9. The largest absolute Gasteiger partial charge is 0.422 e. The van der Waals surface area contributed by atoms with Gasteiger partial charge in [0.1, 0.15) is 11.1 Å². The SMILES string of the molecule is O=C(c1cc2ccccc2oc1=O)N1CCN(C(=O)[C@H]2C[C@H]2c2ccccc2)CC1. The monoisotopic (exact) mass is 402 g/mol. The van der Waals surface area contributed by atoms with E-state index in [0.717, 1.165) is 11.8 Å². The van der Waals surface area contributed by atoms with Crippen molar-refractivity contribution in [3.8, 4) is 0 Å². The molecule has 2 atom stereocenters. The van der Waals surface area contributed by atoms with Crippen LogP contribution in [0.15, 0.2) is 69.9 Å². The molecule has 152 valence electrons. The fraction of sp³-hybridized carbons (Fsp3) is 0.292. The first-order valence-electron chi connectivity index (χ1n) is 10.3. The Bertz CT molecular complexity index is 1160. The summed E-state index contributed by atoms with van der Waals surface area (Å²) in [4.78, 5) is 41.5. The molecule has 1 aromatic heterocycles. The Hall–Kier alpha value is -3.41. The van der Waals surface area contributed by atoms with Crippen LogP contribution in [-0.2, 0) is 4.79 Å². The molecule has 2 aliphatic rings. The van der Waals surface area contributed by atoms with Crippen LogP contribution in [0.2, 0.25) is 0 Å². The lowest BCUT2D eigenvalue weighted by atomic mass is 10.1. The van der Waals surface area contributed by atoms with Crippen LogP contribution in [-0.4, -0.2) is 47.8 Å². The van der Waals surface area contributed by atoms with Gasteiger partial charge in [0.2, 0.25) is 5.91 Å². The molecule has 30 heavy (non-hydrogen) atoms. The highest BCUT2D eigenvalue weighted by Gasteiger charge is 2.46. The number of hydrogen-bond acceptors (Lipinski definition) is 4. The predicted octanol–water partition coefficient (Wildman–Crippen LogP) is 2.88. The minimum atomic E-state index is -0.624. The Kier molecular flexibility index (Phi) is 4.62. The Labute approximate surface area is 173 Å². The summed E-state index contributed by atoms with van der Waals surface area (Å²) < 4.78 is 5.29. The molecule has 2 aromatic carbocycles. The molecule has 2 heterocycles. The van der Waals surface area contributed by atoms with E-state index in [-0.39, 0.29) is 23.3 Å². The van der Waals surface area contributed by atoms with Crippen molar-refractivity contribution in [1.82, 2.24) is 9.80 Å². The van der Waals surface area contributed by atoms with Crippen LogP contribution in [0.25, 0.3) is 11.0 Å². The summed E-state index contributed by atoms with van der Waals surface area (Å²) in [6.45, 7) is 1.81. The normalized spacial score (nSPS) is 20.9. The summed E-state index contributed by atoms with van der Waals surface area (Å²) in [5.74, 6) is 0.180. The standard InChI is InChI=1S/C24H22N2O4/c27-22(19-15-18(19)16-6-2-1-3-7-16)25-10-12-26(13-11-25)23(28)20-14-17-8-4-5-9-21(17)30-24(20)29/h1-9,14,18-19H,10-13,15H2/t18-,19-/m0/s1. The van der Waals surface area contributed by atoms with Gasteiger partial charge < -0.3 is 14.2 Å². The van der Waals surface area contributed by atoms with E-state index in [9.17, 15) is 14.4 Å². The van der Waals surface area contributed by atoms with Crippen LogP contribution in [0.4, 0.5) is 0 Å². The Morgan fingerprint density at radius 2 is 1.53 bits per heavy atom. The molecule has 1 saturated carbocycles. The lowest BCUT2D eigenvalue weighted by Crippen LogP contribution is -2.51. The van der Waals surface area contributed by atoms with Crippen LogP contribution < -0.4 is 5.63 Å². The molecule has 2 amide bonds. The lowest BCUT2D eigenvalue weighted by Gasteiger charge is -2.34. The number of piperazine rings is 1. The van der Waals surface area contributed by atoms with E-state index >= 15 is 0 Å². The number of benzene rings is 2. The molecule has 1 aliphatic heterocycles. The van der Waals surface area contributed by atoms with Crippen molar-refractivity contribution in [1.29, 1.82) is 0 Å². The molecule has 2 fully saturated rings. The summed E-state index contributed by atoms with van der Waals surface area (Å²) >= 11 is 0. The van der Waals surface area contributed by atoms with Gasteiger partial charge in [0, 0.05) is 37.5 Å². The van der Waals surface area contributed by atoms with Crippen molar-refractivity contribution in [3.63, 3.8) is 0 Å². The van der Waals surface area contributed by atoms with E-state index in [4.69, 9.17) is 4.42 Å². The van der Waals surface area contributed by atoms with Crippen molar-refractivity contribution >= 4 is 22.8 Å². The Morgan fingerprint density at radius 3 is 2.30 bits per heavy atom. The number of para-hydroxylation sites is 1. The minimum Gasteiger partial charge on any atom is -0.422 e. The quantitative estimate of drug-likeness (QED) is 0.632. The molecule has 6 nitrogen and oxygen atoms in total. The summed E-state index contributed by atoms with van der Waals surface area (Å²) in [6.07, 6.45) is 0.889. The first-order chi connectivity index (χ1) is 14.6. The van der Waals surface area contributed by atoms with Gasteiger partial charge in [-0.05, 0) is 30.0 Å². The van der Waals surface area contributed by atoms with Gasteiger partial charge in [0.15, 0.2) is 0 Å². The second-order valence-corrected chi connectivity index (χ2v) is 7.96. The molecule has 1 saturated heterocycles. The van der Waals surface area contributed by atoms with Crippen molar-refractivity contribution < 1.29 is 14.0 Å². The van der Waals surface area contributed by atoms with Gasteiger partial charge in [-0.3, -0.25) is 9.59 Å². The van der Waals surface area contributed by atoms with Crippen molar-refractivity contribution in [2.75, 3.05) is 26.2 Å². The second-order valence-electron chi connectivity index (χ2n) is 7.96. The minimum absolute atomic E-state index is 0.0415. The summed E-state index contributed by atoms with van der Waals surface area (Å²) in [7, 11) is 0. The van der Waals surface area contributed by atoms with E-state index < -0.39 is 5.63 Å². The third-order valence-electron chi connectivity index (χ3n) is 6.09. The smallest absolute Gasteiger partial charge is 0.349 e. The number of nitrogens with zero attached hydrogens (tertiary/aromatic N) is 2. The van der Waals surface area contributed by atoms with Crippen LogP contribution in [0.3, 0.4) is 0 Å². The Morgan fingerprint density at radius 1 is 0.867 bits per heavy atom. The van der Waals surface area contributed by atoms with E-state index in [1.54, 1.807) is 23.1 Å². The highest BCUT2D eigenvalue weighted by molar-refractivity contribution is 5.96. The predicted molar refractivity (Wildman–Crippen MR) is 112 cm³/mol. The fourth-order valence-corrected chi connectivity index (χ4v) is 4.28. The maximum Gasteiger partial charge on any atom is 0.349 e. The third-order valence-corrected chi connectivity index (χ3v) is 6.09. The zero-order chi connectivity index (χ0) is 20.7. The van der Waals surface area contributed by atoms with Gasteiger partial charge in [-0.1, -0.05) is 48.5 Å². The van der Waals surface area contributed by atoms with E-state index in [1.807, 2.05) is 35.2 Å². The number of amides is 2. The number of rotatable bonds is 3. The lowest BCUT2D eigenvalue weighted by molar-refractivity contribution is -0.134.